The molecule has 17 heavy (non-hydrogen) atoms. The van der Waals surface area contributed by atoms with Crippen LogP contribution in [0, 0.1) is 5.95 Å². The molecule has 0 bridgehead atoms. The Balaban J connectivity index is 2.33. The van der Waals surface area contributed by atoms with Gasteiger partial charge in [0.1, 0.15) is 0 Å². The summed E-state index contributed by atoms with van der Waals surface area (Å²) in [6.45, 7) is 0.238. The third-order valence-corrected chi connectivity index (χ3v) is 2.71. The summed E-state index contributed by atoms with van der Waals surface area (Å²) in [6.07, 6.45) is 1.44. The van der Waals surface area contributed by atoms with Crippen molar-refractivity contribution >= 4 is 29.2 Å². The highest BCUT2D eigenvalue weighted by atomic mass is 35.5. The molecule has 2 rings (SSSR count). The first-order valence-electron chi connectivity index (χ1n) is 4.93. The van der Waals surface area contributed by atoms with Crippen molar-refractivity contribution in [3.8, 4) is 0 Å². The van der Waals surface area contributed by atoms with E-state index in [1.807, 2.05) is 0 Å². The Bertz CT molecular complexity index is 481. The van der Waals surface area contributed by atoms with E-state index in [0.717, 1.165) is 0 Å². The molecule has 1 N–H and O–H groups in total. The molecular formula is C10H9ClFN3O2. The molecule has 1 aliphatic heterocycles. The van der Waals surface area contributed by atoms with Gasteiger partial charge in [-0.2, -0.15) is 4.39 Å². The molecular weight excluding hydrogens is 249 g/mol. The highest BCUT2D eigenvalue weighted by molar-refractivity contribution is 6.17. The van der Waals surface area contributed by atoms with Crippen molar-refractivity contribution in [2.24, 2.45) is 0 Å². The first kappa shape index (κ1) is 11.8. The second kappa shape index (κ2) is 4.67. The lowest BCUT2D eigenvalue weighted by atomic mass is 10.2. The fourth-order valence-corrected chi connectivity index (χ4v) is 1.82. The number of carbonyl (C=O) groups is 2. The molecule has 1 aromatic rings. The third-order valence-electron chi connectivity index (χ3n) is 2.42. The number of aromatic nitrogens is 1. The number of alkyl halides is 1. The first-order chi connectivity index (χ1) is 8.11. The van der Waals surface area contributed by atoms with E-state index in [-0.39, 0.29) is 24.8 Å². The zero-order valence-electron chi connectivity index (χ0n) is 8.74. The third kappa shape index (κ3) is 2.36. The van der Waals surface area contributed by atoms with E-state index in [1.165, 1.54) is 17.2 Å². The Hall–Kier alpha value is -1.69. The van der Waals surface area contributed by atoms with Gasteiger partial charge in [0, 0.05) is 18.8 Å². The topological polar surface area (TPSA) is 62.3 Å². The van der Waals surface area contributed by atoms with Crippen LogP contribution in [0.2, 0.25) is 0 Å². The molecule has 0 atom stereocenters. The van der Waals surface area contributed by atoms with Gasteiger partial charge in [-0.25, -0.2) is 9.78 Å². The Morgan fingerprint density at radius 1 is 1.53 bits per heavy atom. The molecule has 90 valence electrons. The summed E-state index contributed by atoms with van der Waals surface area (Å²) in [5.74, 6) is -0.918. The normalized spacial score (nSPS) is 16.0. The maximum atomic E-state index is 12.9. The van der Waals surface area contributed by atoms with E-state index in [0.29, 0.717) is 11.3 Å². The second-order valence-electron chi connectivity index (χ2n) is 3.52. The number of nitrogens with one attached hydrogen (secondary N) is 1. The summed E-state index contributed by atoms with van der Waals surface area (Å²) in [5.41, 5.74) is 0.884. The number of halogens is 2. The molecule has 0 unspecified atom stereocenters. The van der Waals surface area contributed by atoms with Gasteiger partial charge in [-0.3, -0.25) is 15.0 Å². The quantitative estimate of drug-likeness (QED) is 0.644. The summed E-state index contributed by atoms with van der Waals surface area (Å²) >= 11 is 5.68. The monoisotopic (exact) mass is 257 g/mol. The zero-order valence-corrected chi connectivity index (χ0v) is 9.50. The minimum atomic E-state index is -0.655. The van der Waals surface area contributed by atoms with Gasteiger partial charge in [-0.1, -0.05) is 0 Å². The van der Waals surface area contributed by atoms with Crippen LogP contribution in [0.25, 0.3) is 0 Å². The van der Waals surface area contributed by atoms with Gasteiger partial charge in [0.25, 0.3) is 0 Å². The fourth-order valence-electron chi connectivity index (χ4n) is 1.60. The Kier molecular flexibility index (Phi) is 3.23. The number of amides is 3. The van der Waals surface area contributed by atoms with Crippen molar-refractivity contribution in [3.63, 3.8) is 0 Å². The molecule has 0 aromatic carbocycles. The van der Waals surface area contributed by atoms with Crippen molar-refractivity contribution in [1.82, 2.24) is 10.3 Å². The van der Waals surface area contributed by atoms with Crippen LogP contribution in [0.1, 0.15) is 12.0 Å². The fraction of sp³-hybridized carbons (Fsp3) is 0.300. The van der Waals surface area contributed by atoms with Crippen molar-refractivity contribution in [2.75, 3.05) is 11.4 Å². The molecule has 0 spiro atoms. The number of pyridine rings is 1. The van der Waals surface area contributed by atoms with Gasteiger partial charge < -0.3 is 0 Å². The molecule has 0 aliphatic carbocycles. The smallest absolute Gasteiger partial charge is 0.292 e. The number of nitrogens with zero attached hydrogens (tertiary/aromatic N) is 2. The Morgan fingerprint density at radius 2 is 2.29 bits per heavy atom. The average molecular weight is 258 g/mol. The minimum Gasteiger partial charge on any atom is -0.292 e. The maximum Gasteiger partial charge on any atom is 0.328 e. The van der Waals surface area contributed by atoms with E-state index in [2.05, 4.69) is 10.3 Å². The lowest BCUT2D eigenvalue weighted by molar-refractivity contribution is -0.120. The number of imide groups is 1. The molecule has 7 heteroatoms. The molecule has 1 aromatic heterocycles. The predicted octanol–water partition coefficient (Wildman–Crippen LogP) is 1.41. The molecule has 0 radical (unpaired) electrons. The number of carbonyl (C=O) groups excluding carboxylic acids is 2. The van der Waals surface area contributed by atoms with Crippen LogP contribution < -0.4 is 10.2 Å². The molecule has 5 nitrogen and oxygen atoms in total. The number of anilines is 1. The van der Waals surface area contributed by atoms with Crippen LogP contribution in [0.3, 0.4) is 0 Å². The van der Waals surface area contributed by atoms with Gasteiger partial charge in [0.15, 0.2) is 0 Å². The lowest BCUT2D eigenvalue weighted by Gasteiger charge is -2.27. The molecule has 1 fully saturated rings. The SMILES string of the molecule is O=C1CCN(c2cnc(F)cc2CCl)C(=O)N1. The molecule has 3 amide bonds. The first-order valence-corrected chi connectivity index (χ1v) is 5.47. The number of hydrogen-bond donors (Lipinski definition) is 1. The Morgan fingerprint density at radius 3 is 2.94 bits per heavy atom. The Labute approximate surface area is 102 Å². The van der Waals surface area contributed by atoms with Crippen molar-refractivity contribution in [2.45, 2.75) is 12.3 Å². The van der Waals surface area contributed by atoms with Gasteiger partial charge in [-0.05, 0) is 11.6 Å². The molecule has 0 saturated carbocycles. The summed E-state index contributed by atoms with van der Waals surface area (Å²) in [6, 6.07) is 0.632. The largest absolute Gasteiger partial charge is 0.328 e. The van der Waals surface area contributed by atoms with Crippen molar-refractivity contribution in [3.05, 3.63) is 23.8 Å². The van der Waals surface area contributed by atoms with E-state index in [1.54, 1.807) is 0 Å². The van der Waals surface area contributed by atoms with Crippen LogP contribution in [-0.2, 0) is 10.7 Å². The molecule has 1 saturated heterocycles. The van der Waals surface area contributed by atoms with Crippen LogP contribution in [0.5, 0.6) is 0 Å². The van der Waals surface area contributed by atoms with Gasteiger partial charge in [0.05, 0.1) is 11.9 Å². The lowest BCUT2D eigenvalue weighted by Crippen LogP contribution is -2.49. The van der Waals surface area contributed by atoms with E-state index < -0.39 is 12.0 Å². The van der Waals surface area contributed by atoms with Gasteiger partial charge in [0.2, 0.25) is 11.9 Å². The standard InChI is InChI=1S/C10H9ClFN3O2/c11-4-6-3-8(12)13-5-7(6)15-2-1-9(16)14-10(15)17/h3,5H,1-2,4H2,(H,14,16,17). The second-order valence-corrected chi connectivity index (χ2v) is 3.79. The number of urea groups is 1. The van der Waals surface area contributed by atoms with E-state index >= 15 is 0 Å². The van der Waals surface area contributed by atoms with Crippen LogP contribution in [0.15, 0.2) is 12.3 Å². The van der Waals surface area contributed by atoms with Crippen LogP contribution in [-0.4, -0.2) is 23.5 Å². The van der Waals surface area contributed by atoms with Gasteiger partial charge >= 0.3 is 6.03 Å². The predicted molar refractivity (Wildman–Crippen MR) is 59.3 cm³/mol. The van der Waals surface area contributed by atoms with Crippen LogP contribution in [0.4, 0.5) is 14.9 Å². The average Bonchev–Trinajstić information content (AvgIpc) is 2.30. The summed E-state index contributed by atoms with van der Waals surface area (Å²) in [5, 5.41) is 2.18. The summed E-state index contributed by atoms with van der Waals surface area (Å²) < 4.78 is 12.9. The van der Waals surface area contributed by atoms with E-state index in [9.17, 15) is 14.0 Å². The summed E-state index contributed by atoms with van der Waals surface area (Å²) in [7, 11) is 0. The van der Waals surface area contributed by atoms with Crippen molar-refractivity contribution in [1.29, 1.82) is 0 Å². The molecule has 1 aliphatic rings. The van der Waals surface area contributed by atoms with Crippen LogP contribution >= 0.6 is 11.6 Å². The summed E-state index contributed by atoms with van der Waals surface area (Å²) in [4.78, 5) is 27.4. The van der Waals surface area contributed by atoms with Crippen molar-refractivity contribution < 1.29 is 14.0 Å². The highest BCUT2D eigenvalue weighted by Crippen LogP contribution is 2.23. The highest BCUT2D eigenvalue weighted by Gasteiger charge is 2.26. The van der Waals surface area contributed by atoms with E-state index in [4.69, 9.17) is 11.6 Å². The number of hydrogen-bond acceptors (Lipinski definition) is 3. The number of rotatable bonds is 2. The zero-order chi connectivity index (χ0) is 12.4. The maximum absolute atomic E-state index is 12.9. The molecule has 2 heterocycles. The minimum absolute atomic E-state index is 0.0620. The van der Waals surface area contributed by atoms with Gasteiger partial charge in [-0.15, -0.1) is 11.6 Å².